The van der Waals surface area contributed by atoms with Gasteiger partial charge in [0.25, 0.3) is 0 Å². The highest BCUT2D eigenvalue weighted by Gasteiger charge is 2.44. The summed E-state index contributed by atoms with van der Waals surface area (Å²) < 4.78 is 15.7. The lowest BCUT2D eigenvalue weighted by atomic mass is 9.85. The van der Waals surface area contributed by atoms with Gasteiger partial charge in [-0.2, -0.15) is 9.61 Å². The quantitative estimate of drug-likeness (QED) is 0.390. The molecule has 0 aliphatic carbocycles. The number of hydrogen-bond acceptors (Lipinski definition) is 7. The van der Waals surface area contributed by atoms with Crippen LogP contribution < -0.4 is 5.73 Å². The van der Waals surface area contributed by atoms with E-state index < -0.39 is 6.61 Å². The molecular weight excluding hydrogens is 487 g/mol. The number of nitrogen functional groups attached to an aromatic ring is 1. The molecule has 194 valence electrons. The average Bonchev–Trinajstić information content (AvgIpc) is 3.46. The van der Waals surface area contributed by atoms with Crippen molar-refractivity contribution < 1.29 is 19.1 Å². The van der Waals surface area contributed by atoms with Crippen LogP contribution in [0.2, 0.25) is 0 Å². The summed E-state index contributed by atoms with van der Waals surface area (Å²) in [7, 11) is 0. The SMILES string of the molecule is CC(=O)c1c([C@@H]2C[C@H]3CC[C@@H](C2)N3C(=O)CO)nc2c(-c3ccc(-c4ccccc4F)nc3)cnn2c1N. The number of hydrogen-bond donors (Lipinski definition) is 2. The second kappa shape index (κ2) is 9.29. The van der Waals surface area contributed by atoms with E-state index in [1.807, 2.05) is 6.07 Å². The van der Waals surface area contributed by atoms with Crippen molar-refractivity contribution in [1.82, 2.24) is 24.5 Å². The molecule has 3 N–H and O–H groups in total. The molecule has 9 nitrogen and oxygen atoms in total. The van der Waals surface area contributed by atoms with Crippen LogP contribution in [0.1, 0.15) is 54.6 Å². The summed E-state index contributed by atoms with van der Waals surface area (Å²) in [5.74, 6) is -0.636. The molecule has 0 spiro atoms. The third kappa shape index (κ3) is 3.83. The summed E-state index contributed by atoms with van der Waals surface area (Å²) in [4.78, 5) is 36.3. The van der Waals surface area contributed by atoms with E-state index in [9.17, 15) is 19.1 Å². The Hall–Kier alpha value is -4.18. The number of nitrogens with zero attached hydrogens (tertiary/aromatic N) is 5. The third-order valence-electron chi connectivity index (χ3n) is 7.83. The highest BCUT2D eigenvalue weighted by molar-refractivity contribution is 6.00. The zero-order valence-electron chi connectivity index (χ0n) is 20.8. The lowest BCUT2D eigenvalue weighted by molar-refractivity contribution is -0.138. The normalized spacial score (nSPS) is 20.7. The molecule has 0 radical (unpaired) electrons. The van der Waals surface area contributed by atoms with E-state index >= 15 is 0 Å². The molecule has 1 aromatic carbocycles. The largest absolute Gasteiger partial charge is 0.387 e. The van der Waals surface area contributed by atoms with Crippen LogP contribution in [-0.4, -0.2) is 60.0 Å². The molecule has 1 amide bonds. The predicted molar refractivity (Wildman–Crippen MR) is 139 cm³/mol. The van der Waals surface area contributed by atoms with Gasteiger partial charge in [-0.1, -0.05) is 18.2 Å². The van der Waals surface area contributed by atoms with Crippen molar-refractivity contribution in [2.45, 2.75) is 50.6 Å². The van der Waals surface area contributed by atoms with Crippen LogP contribution in [0.15, 0.2) is 48.8 Å². The Bertz CT molecular complexity index is 1550. The standard InChI is InChI=1S/C28H27FN6O3/c1-15(37)25-26(17-10-18-7-8-19(11-17)34(18)24(38)14-36)33-28-21(13-32-35(28)27(25)30)16-6-9-23(31-12-16)20-4-2-3-5-22(20)29/h2-6,9,12-13,17-19,36H,7-8,10-11,14,30H2,1H3/t17-,18-,19+. The zero-order valence-corrected chi connectivity index (χ0v) is 20.8. The van der Waals surface area contributed by atoms with Crippen molar-refractivity contribution in [3.63, 3.8) is 0 Å². The van der Waals surface area contributed by atoms with Crippen molar-refractivity contribution in [2.24, 2.45) is 0 Å². The van der Waals surface area contributed by atoms with Gasteiger partial charge >= 0.3 is 0 Å². The number of amides is 1. The number of nitrogens with two attached hydrogens (primary N) is 1. The van der Waals surface area contributed by atoms with Crippen LogP contribution >= 0.6 is 0 Å². The molecule has 5 heterocycles. The molecule has 0 unspecified atom stereocenters. The molecule has 2 aliphatic rings. The number of anilines is 1. The number of Topliss-reactive ketones (excluding diaryl/α,β-unsaturated/α-hetero) is 1. The number of rotatable bonds is 5. The molecule has 3 atom stereocenters. The van der Waals surface area contributed by atoms with Gasteiger partial charge in [-0.05, 0) is 50.8 Å². The summed E-state index contributed by atoms with van der Waals surface area (Å²) in [6.45, 7) is 0.966. The highest BCUT2D eigenvalue weighted by atomic mass is 19.1. The molecule has 2 saturated heterocycles. The Kier molecular flexibility index (Phi) is 5.91. The van der Waals surface area contributed by atoms with Crippen molar-refractivity contribution >= 4 is 23.2 Å². The minimum absolute atomic E-state index is 0.00281. The summed E-state index contributed by atoms with van der Waals surface area (Å²) in [6, 6.07) is 10.0. The Labute approximate surface area is 218 Å². The molecule has 38 heavy (non-hydrogen) atoms. The number of piperidine rings is 1. The van der Waals surface area contributed by atoms with E-state index in [-0.39, 0.29) is 41.3 Å². The minimum atomic E-state index is -0.504. The average molecular weight is 515 g/mol. The van der Waals surface area contributed by atoms with Crippen molar-refractivity contribution in [3.05, 3.63) is 65.9 Å². The summed E-state index contributed by atoms with van der Waals surface area (Å²) in [6.07, 6.45) is 6.30. The third-order valence-corrected chi connectivity index (χ3v) is 7.83. The topological polar surface area (TPSA) is 127 Å². The van der Waals surface area contributed by atoms with Gasteiger partial charge in [-0.3, -0.25) is 14.6 Å². The number of carbonyl (C=O) groups excluding carboxylic acids is 2. The Balaban J connectivity index is 1.41. The number of fused-ring (bicyclic) bond motifs is 3. The first-order valence-corrected chi connectivity index (χ1v) is 12.7. The fourth-order valence-corrected chi connectivity index (χ4v) is 6.16. The first-order chi connectivity index (χ1) is 18.4. The molecule has 2 aliphatic heterocycles. The summed E-state index contributed by atoms with van der Waals surface area (Å²) in [5.41, 5.74) is 10.3. The maximum absolute atomic E-state index is 14.2. The van der Waals surface area contributed by atoms with Crippen LogP contribution in [0.5, 0.6) is 0 Å². The van der Waals surface area contributed by atoms with Gasteiger partial charge in [0.15, 0.2) is 11.4 Å². The Morgan fingerprint density at radius 2 is 1.82 bits per heavy atom. The van der Waals surface area contributed by atoms with E-state index in [4.69, 9.17) is 10.7 Å². The molecule has 2 bridgehead atoms. The zero-order chi connectivity index (χ0) is 26.6. The number of aliphatic hydroxyl groups excluding tert-OH is 1. The van der Waals surface area contributed by atoms with Gasteiger partial charge in [0.05, 0.1) is 23.1 Å². The lowest BCUT2D eigenvalue weighted by Crippen LogP contribution is -2.47. The molecule has 0 saturated carbocycles. The van der Waals surface area contributed by atoms with Gasteiger partial charge in [-0.15, -0.1) is 0 Å². The van der Waals surface area contributed by atoms with Crippen LogP contribution in [0.4, 0.5) is 10.2 Å². The fourth-order valence-electron chi connectivity index (χ4n) is 6.16. The van der Waals surface area contributed by atoms with Crippen molar-refractivity contribution in [3.8, 4) is 22.4 Å². The first kappa shape index (κ1) is 24.2. The minimum Gasteiger partial charge on any atom is -0.387 e. The Morgan fingerprint density at radius 3 is 2.45 bits per heavy atom. The van der Waals surface area contributed by atoms with Crippen LogP contribution in [-0.2, 0) is 4.79 Å². The second-order valence-corrected chi connectivity index (χ2v) is 10.0. The maximum atomic E-state index is 14.2. The number of aliphatic hydroxyl groups is 1. The number of carbonyl (C=O) groups is 2. The van der Waals surface area contributed by atoms with E-state index in [2.05, 4.69) is 10.1 Å². The predicted octanol–water partition coefficient (Wildman–Crippen LogP) is 3.61. The van der Waals surface area contributed by atoms with Gasteiger partial charge in [-0.25, -0.2) is 9.37 Å². The Morgan fingerprint density at radius 1 is 1.08 bits per heavy atom. The maximum Gasteiger partial charge on any atom is 0.248 e. The second-order valence-electron chi connectivity index (χ2n) is 10.0. The molecule has 4 aromatic rings. The summed E-state index contributed by atoms with van der Waals surface area (Å²) in [5, 5.41) is 13.8. The van der Waals surface area contributed by atoms with Crippen LogP contribution in [0.25, 0.3) is 28.0 Å². The highest BCUT2D eigenvalue weighted by Crippen LogP contribution is 2.44. The first-order valence-electron chi connectivity index (χ1n) is 12.7. The smallest absolute Gasteiger partial charge is 0.248 e. The molecule has 3 aromatic heterocycles. The van der Waals surface area contributed by atoms with E-state index in [0.717, 1.165) is 18.4 Å². The molecule has 10 heteroatoms. The number of benzene rings is 1. The number of halogens is 1. The van der Waals surface area contributed by atoms with Gasteiger partial charge in [0, 0.05) is 40.9 Å². The number of aromatic nitrogens is 4. The molecule has 2 fully saturated rings. The van der Waals surface area contributed by atoms with Gasteiger partial charge in [0.1, 0.15) is 18.2 Å². The lowest BCUT2D eigenvalue weighted by Gasteiger charge is -2.39. The van der Waals surface area contributed by atoms with E-state index in [1.165, 1.54) is 17.5 Å². The van der Waals surface area contributed by atoms with E-state index in [0.29, 0.717) is 46.6 Å². The molecule has 6 rings (SSSR count). The van der Waals surface area contributed by atoms with Gasteiger partial charge < -0.3 is 15.7 Å². The molecular formula is C28H27FN6O3. The van der Waals surface area contributed by atoms with Crippen LogP contribution in [0.3, 0.4) is 0 Å². The number of pyridine rings is 1. The van der Waals surface area contributed by atoms with E-state index in [1.54, 1.807) is 41.6 Å². The van der Waals surface area contributed by atoms with Crippen molar-refractivity contribution in [1.29, 1.82) is 0 Å². The van der Waals surface area contributed by atoms with Crippen molar-refractivity contribution in [2.75, 3.05) is 12.3 Å². The number of ketones is 1. The van der Waals surface area contributed by atoms with Gasteiger partial charge in [0.2, 0.25) is 5.91 Å². The summed E-state index contributed by atoms with van der Waals surface area (Å²) >= 11 is 0. The monoisotopic (exact) mass is 514 g/mol. The van der Waals surface area contributed by atoms with Crippen LogP contribution in [0, 0.1) is 5.82 Å². The fraction of sp³-hybridized carbons (Fsp3) is 0.321.